The Hall–Kier alpha value is -1.24. The molecule has 0 unspecified atom stereocenters. The van der Waals surface area contributed by atoms with Gasteiger partial charge in [-0.1, -0.05) is 416 Å². The van der Waals surface area contributed by atoms with Gasteiger partial charge in [-0.15, -0.1) is 0 Å². The minimum absolute atomic E-state index is 0. The van der Waals surface area contributed by atoms with Gasteiger partial charge in [-0.25, -0.2) is 20.4 Å². The zero-order valence-electron chi connectivity index (χ0n) is 2.82. The fourth-order valence-electron chi connectivity index (χ4n) is 0. The van der Waals surface area contributed by atoms with Crippen LogP contribution in [0.25, 0.3) is 0 Å². The maximum atomic E-state index is 8.35. The van der Waals surface area contributed by atoms with Crippen molar-refractivity contribution >= 4 is 12.2 Å². The van der Waals surface area contributed by atoms with Crippen LogP contribution in [0.2, 0.25) is 0 Å². The Morgan fingerprint density at radius 3 is 0.113 bits per heavy atom. The average Bonchev–Trinajstić information content (AvgIpc) is 1.39. The predicted octanol–water partition coefficient (Wildman–Crippen LogP) is 35.4. The average molecular weight is 984 g/mol. The van der Waals surface area contributed by atoms with Crippen molar-refractivity contribution in [2.24, 2.45) is 0 Å². The fraction of sp³-hybridized carbons (Fsp3) is 0.966. The minimum atomic E-state index is 0. The molecule has 480 valence electrons. The van der Waals surface area contributed by atoms with Crippen molar-refractivity contribution in [2.45, 2.75) is 416 Å². The SMILES string of the molecule is C.C.C.C.C.C.C.C.C.C.C.C.C.C.C.C.C.C.C.C.C.C.C.C.C.C.C.C.C.C.C.C.C.C.C.C.C.C.C.C.C.C.C.C.C.C.C.C.C.C.C.C.C.C.C.C.N=C=O.N=C=O. The molecule has 0 heterocycles. The van der Waals surface area contributed by atoms with Gasteiger partial charge >= 0.3 is 0 Å². The molecule has 2 N–H and O–H groups in total. The monoisotopic (exact) mass is 984 g/mol. The molecule has 4 heteroatoms. The molecule has 0 radical (unpaired) electrons. The van der Waals surface area contributed by atoms with Gasteiger partial charge in [-0.2, -0.15) is 0 Å². The van der Waals surface area contributed by atoms with E-state index in [4.69, 9.17) is 20.4 Å². The van der Waals surface area contributed by atoms with Crippen LogP contribution in [0.1, 0.15) is 416 Å². The first kappa shape index (κ1) is 28500. The van der Waals surface area contributed by atoms with Gasteiger partial charge in [0.05, 0.1) is 0 Å². The lowest BCUT2D eigenvalue weighted by Crippen LogP contribution is -1.16. The topological polar surface area (TPSA) is 81.8 Å². The second-order valence-corrected chi connectivity index (χ2v) is 0.204. The molecular formula is C58H226N2O2. The predicted molar refractivity (Wildman–Crippen MR) is 394 cm³/mol. The van der Waals surface area contributed by atoms with Gasteiger partial charge in [0.2, 0.25) is 12.2 Å². The molecule has 62 heavy (non-hydrogen) atoms. The maximum Gasteiger partial charge on any atom is 0.231 e. The standard InChI is InChI=1S/2CHNO.56CH4/c2*2-1-3;;;;;;;;;;;;;;;;;;;;;;;;;;;;;;;;;;;;;;;;;;;;;;;;;;;;;;;;/h2*2H;56*1H4. The highest BCUT2D eigenvalue weighted by atomic mass is 16.1. The molecule has 0 bridgehead atoms. The summed E-state index contributed by atoms with van der Waals surface area (Å²) in [5, 5.41) is 10.8. The zero-order chi connectivity index (χ0) is 5.41. The Balaban J connectivity index is -0.0000000000484. The third-order valence-corrected chi connectivity index (χ3v) is 0. The summed E-state index contributed by atoms with van der Waals surface area (Å²) in [7, 11) is 0. The largest absolute Gasteiger partial charge is 0.231 e. The normalized spacial score (nSPS) is 0.258. The van der Waals surface area contributed by atoms with E-state index < -0.39 is 0 Å². The van der Waals surface area contributed by atoms with E-state index in [2.05, 4.69) is 0 Å². The third-order valence-electron chi connectivity index (χ3n) is 0. The number of nitrogens with one attached hydrogen (secondary N) is 2. The molecular weight excluding hydrogens is 757 g/mol. The van der Waals surface area contributed by atoms with E-state index in [0.717, 1.165) is 12.2 Å². The van der Waals surface area contributed by atoms with Crippen LogP contribution >= 0.6 is 0 Å². The van der Waals surface area contributed by atoms with E-state index in [1.54, 1.807) is 0 Å². The summed E-state index contributed by atoms with van der Waals surface area (Å²) in [5.74, 6) is 0. The van der Waals surface area contributed by atoms with Crippen molar-refractivity contribution in [3.05, 3.63) is 0 Å². The van der Waals surface area contributed by atoms with E-state index >= 15 is 0 Å². The Bertz CT molecular complexity index is 79.4. The molecule has 4 nitrogen and oxygen atoms in total. The molecule has 0 aliphatic carbocycles. The molecule has 0 rings (SSSR count). The quantitative estimate of drug-likeness (QED) is 0.187. The Morgan fingerprint density at radius 1 is 0.113 bits per heavy atom. The lowest BCUT2D eigenvalue weighted by atomic mass is 11.7. The molecule has 0 fully saturated rings. The fourth-order valence-corrected chi connectivity index (χ4v) is 0. The van der Waals surface area contributed by atoms with Crippen LogP contribution < -0.4 is 0 Å². The second-order valence-electron chi connectivity index (χ2n) is 0.204. The number of hydrogen-bond acceptors (Lipinski definition) is 4. The number of isocyanates is 2. The van der Waals surface area contributed by atoms with Crippen molar-refractivity contribution in [1.29, 1.82) is 10.8 Å². The Labute approximate surface area is 447 Å². The van der Waals surface area contributed by atoms with Gasteiger partial charge in [0.15, 0.2) is 0 Å². The second kappa shape index (κ2) is 357000. The summed E-state index contributed by atoms with van der Waals surface area (Å²) in [6.07, 6.45) is 1.50. The number of hydrogen-bond donors (Lipinski definition) is 2. The molecule has 0 aromatic heterocycles. The molecule has 0 amide bonds. The molecule has 0 atom stereocenters. The third kappa shape index (κ3) is 127000. The first-order valence-electron chi connectivity index (χ1n) is 0.908. The van der Waals surface area contributed by atoms with E-state index in [-0.39, 0.29) is 416 Å². The molecule has 0 saturated carbocycles. The summed E-state index contributed by atoms with van der Waals surface area (Å²) < 4.78 is 0. The summed E-state index contributed by atoms with van der Waals surface area (Å²) in [5.41, 5.74) is 0. The van der Waals surface area contributed by atoms with Crippen molar-refractivity contribution in [2.75, 3.05) is 0 Å². The van der Waals surface area contributed by atoms with Crippen LogP contribution in [0, 0.1) is 10.8 Å². The Kier molecular flexibility index (Phi) is 164000000. The van der Waals surface area contributed by atoms with Crippen molar-refractivity contribution in [3.63, 3.8) is 0 Å². The summed E-state index contributed by atoms with van der Waals surface area (Å²) in [4.78, 5) is 16.7. The van der Waals surface area contributed by atoms with Crippen LogP contribution in [-0.2, 0) is 9.59 Å². The van der Waals surface area contributed by atoms with Crippen molar-refractivity contribution in [3.8, 4) is 0 Å². The Morgan fingerprint density at radius 2 is 0.113 bits per heavy atom. The highest BCUT2D eigenvalue weighted by molar-refractivity contribution is 5.26. The molecule has 0 aromatic rings. The van der Waals surface area contributed by atoms with E-state index in [1.165, 1.54) is 0 Å². The van der Waals surface area contributed by atoms with Gasteiger partial charge in [0.25, 0.3) is 0 Å². The van der Waals surface area contributed by atoms with Gasteiger partial charge < -0.3 is 0 Å². The molecule has 0 spiro atoms. The minimum Gasteiger partial charge on any atom is -0.222 e. The lowest BCUT2D eigenvalue weighted by molar-refractivity contribution is 0.562. The van der Waals surface area contributed by atoms with E-state index in [9.17, 15) is 0 Å². The first-order valence-corrected chi connectivity index (χ1v) is 0.908. The van der Waals surface area contributed by atoms with Crippen molar-refractivity contribution < 1.29 is 9.59 Å². The lowest BCUT2D eigenvalue weighted by Gasteiger charge is -1.02. The summed E-state index contributed by atoms with van der Waals surface area (Å²) in [6, 6.07) is 0. The van der Waals surface area contributed by atoms with Crippen LogP contribution in [-0.4, -0.2) is 12.2 Å². The van der Waals surface area contributed by atoms with Gasteiger partial charge in [0.1, 0.15) is 0 Å². The molecule has 0 aromatic carbocycles. The zero-order valence-corrected chi connectivity index (χ0v) is 2.82. The smallest absolute Gasteiger partial charge is 0.222 e. The summed E-state index contributed by atoms with van der Waals surface area (Å²) in [6.45, 7) is 0. The molecule has 0 saturated heterocycles. The highest BCUT2D eigenvalue weighted by Gasteiger charge is 1.04. The van der Waals surface area contributed by atoms with Crippen molar-refractivity contribution in [1.82, 2.24) is 0 Å². The van der Waals surface area contributed by atoms with Gasteiger partial charge in [0, 0.05) is 0 Å². The van der Waals surface area contributed by atoms with Crippen LogP contribution in [0.4, 0.5) is 0 Å². The summed E-state index contributed by atoms with van der Waals surface area (Å²) >= 11 is 0. The van der Waals surface area contributed by atoms with E-state index in [1.807, 2.05) is 0 Å². The number of carbonyl (C=O) groups excluding carboxylic acids is 2. The van der Waals surface area contributed by atoms with Crippen LogP contribution in [0.3, 0.4) is 0 Å². The highest BCUT2D eigenvalue weighted by Crippen LogP contribution is 0.871. The first-order chi connectivity index (χ1) is 2.83. The van der Waals surface area contributed by atoms with E-state index in [0.29, 0.717) is 0 Å². The maximum absolute atomic E-state index is 8.35. The van der Waals surface area contributed by atoms with Gasteiger partial charge in [-0.3, -0.25) is 0 Å². The molecule has 0 aliphatic rings. The number of rotatable bonds is 0. The van der Waals surface area contributed by atoms with Gasteiger partial charge in [-0.05, 0) is 0 Å². The molecule has 0 aliphatic heterocycles. The van der Waals surface area contributed by atoms with Crippen LogP contribution in [0.15, 0.2) is 0 Å². The van der Waals surface area contributed by atoms with Crippen LogP contribution in [0.5, 0.6) is 0 Å².